The molecule has 0 bridgehead atoms. The molecule has 0 saturated heterocycles. The number of hydrogen-bond acceptors (Lipinski definition) is 2. The molecule has 0 spiro atoms. The van der Waals surface area contributed by atoms with Crippen LogP contribution in [0.5, 0.6) is 0 Å². The number of rotatable bonds is 5. The average Bonchev–Trinajstić information content (AvgIpc) is 2.82. The molecule has 0 aliphatic heterocycles. The van der Waals surface area contributed by atoms with Gasteiger partial charge in [-0.15, -0.1) is 0 Å². The van der Waals surface area contributed by atoms with Gasteiger partial charge in [-0.1, -0.05) is 31.5 Å². The van der Waals surface area contributed by atoms with Crippen molar-refractivity contribution in [1.82, 2.24) is 9.88 Å². The molecule has 0 radical (unpaired) electrons. The van der Waals surface area contributed by atoms with Crippen LogP contribution in [-0.2, 0) is 11.8 Å². The molecular formula is C17H19N3O. The lowest BCUT2D eigenvalue weighted by Crippen LogP contribution is -2.32. The van der Waals surface area contributed by atoms with Gasteiger partial charge < -0.3 is 9.88 Å². The number of para-hydroxylation sites is 1. The summed E-state index contributed by atoms with van der Waals surface area (Å²) in [6.45, 7) is 1.99. The third-order valence-electron chi connectivity index (χ3n) is 3.39. The third-order valence-corrected chi connectivity index (χ3v) is 3.39. The summed E-state index contributed by atoms with van der Waals surface area (Å²) in [7, 11) is 1.98. The molecule has 0 aliphatic carbocycles. The van der Waals surface area contributed by atoms with Crippen molar-refractivity contribution in [3.05, 3.63) is 42.1 Å². The molecular weight excluding hydrogens is 262 g/mol. The molecule has 1 amide bonds. The highest BCUT2D eigenvalue weighted by molar-refractivity contribution is 5.96. The fourth-order valence-corrected chi connectivity index (χ4v) is 2.35. The molecule has 0 fully saturated rings. The number of nitriles is 1. The molecule has 108 valence electrons. The second kappa shape index (κ2) is 6.76. The predicted molar refractivity (Wildman–Crippen MR) is 84.4 cm³/mol. The molecule has 2 aromatic rings. The minimum absolute atomic E-state index is 0.233. The van der Waals surface area contributed by atoms with Crippen molar-refractivity contribution in [2.75, 3.05) is 0 Å². The first-order valence-corrected chi connectivity index (χ1v) is 7.08. The van der Waals surface area contributed by atoms with Crippen molar-refractivity contribution in [3.8, 4) is 6.07 Å². The van der Waals surface area contributed by atoms with E-state index in [-0.39, 0.29) is 5.91 Å². The van der Waals surface area contributed by atoms with Crippen LogP contribution in [0.1, 0.15) is 25.3 Å². The summed E-state index contributed by atoms with van der Waals surface area (Å²) >= 11 is 0. The normalized spacial score (nSPS) is 12.4. The van der Waals surface area contributed by atoms with Crippen LogP contribution >= 0.6 is 0 Å². The van der Waals surface area contributed by atoms with Gasteiger partial charge in [-0.3, -0.25) is 4.79 Å². The average molecular weight is 281 g/mol. The quantitative estimate of drug-likeness (QED) is 0.856. The van der Waals surface area contributed by atoms with E-state index in [1.807, 2.05) is 49.0 Å². The van der Waals surface area contributed by atoms with Gasteiger partial charge in [-0.2, -0.15) is 5.26 Å². The van der Waals surface area contributed by atoms with Crippen LogP contribution in [0.25, 0.3) is 17.0 Å². The topological polar surface area (TPSA) is 57.8 Å². The SMILES string of the molecule is CCC[C@H](C#N)NC(=O)/C=C/c1cn(C)c2ccccc12. The molecule has 1 aromatic carbocycles. The number of nitrogens with zero attached hydrogens (tertiary/aromatic N) is 2. The maximum absolute atomic E-state index is 11.8. The Morgan fingerprint density at radius 3 is 2.95 bits per heavy atom. The van der Waals surface area contributed by atoms with Gasteiger partial charge >= 0.3 is 0 Å². The Hall–Kier alpha value is -2.54. The maximum Gasteiger partial charge on any atom is 0.245 e. The number of benzene rings is 1. The zero-order valence-electron chi connectivity index (χ0n) is 12.3. The van der Waals surface area contributed by atoms with E-state index < -0.39 is 6.04 Å². The summed E-state index contributed by atoms with van der Waals surface area (Å²) in [6, 6.07) is 9.72. The standard InChI is InChI=1S/C17H19N3O/c1-3-6-14(11-18)19-17(21)10-9-13-12-20(2)16-8-5-4-7-15(13)16/h4-5,7-10,12,14H,3,6H2,1-2H3,(H,19,21)/b10-9+/t14-/m1/s1. The van der Waals surface area contributed by atoms with Crippen molar-refractivity contribution in [1.29, 1.82) is 5.26 Å². The highest BCUT2D eigenvalue weighted by Gasteiger charge is 2.08. The maximum atomic E-state index is 11.8. The first-order valence-electron chi connectivity index (χ1n) is 7.08. The number of aryl methyl sites for hydroxylation is 1. The molecule has 1 N–H and O–H groups in total. The fourth-order valence-electron chi connectivity index (χ4n) is 2.35. The number of carbonyl (C=O) groups is 1. The Bertz CT molecular complexity index is 706. The van der Waals surface area contributed by atoms with Gasteiger partial charge in [0.2, 0.25) is 5.91 Å². The zero-order valence-corrected chi connectivity index (χ0v) is 12.3. The number of carbonyl (C=O) groups excluding carboxylic acids is 1. The van der Waals surface area contributed by atoms with Crippen LogP contribution < -0.4 is 5.32 Å². The van der Waals surface area contributed by atoms with E-state index in [2.05, 4.69) is 11.4 Å². The monoisotopic (exact) mass is 281 g/mol. The first-order chi connectivity index (χ1) is 10.2. The van der Waals surface area contributed by atoms with Crippen LogP contribution in [0.3, 0.4) is 0 Å². The second-order valence-corrected chi connectivity index (χ2v) is 5.02. The van der Waals surface area contributed by atoms with Crippen LogP contribution in [0, 0.1) is 11.3 Å². The molecule has 21 heavy (non-hydrogen) atoms. The smallest absolute Gasteiger partial charge is 0.245 e. The summed E-state index contributed by atoms with van der Waals surface area (Å²) in [5.74, 6) is -0.233. The van der Waals surface area contributed by atoms with Gasteiger partial charge in [0.25, 0.3) is 0 Å². The Morgan fingerprint density at radius 2 is 2.24 bits per heavy atom. The number of hydrogen-bond donors (Lipinski definition) is 1. The van der Waals surface area contributed by atoms with E-state index in [0.717, 1.165) is 22.9 Å². The lowest BCUT2D eigenvalue weighted by atomic mass is 10.1. The van der Waals surface area contributed by atoms with Crippen molar-refractivity contribution in [3.63, 3.8) is 0 Å². The van der Waals surface area contributed by atoms with Gasteiger partial charge in [-0.25, -0.2) is 0 Å². The van der Waals surface area contributed by atoms with Crippen molar-refractivity contribution in [2.24, 2.45) is 7.05 Å². The number of aromatic nitrogens is 1. The lowest BCUT2D eigenvalue weighted by Gasteiger charge is -2.07. The predicted octanol–water partition coefficient (Wildman–Crippen LogP) is 3.00. The van der Waals surface area contributed by atoms with Crippen LogP contribution in [0.2, 0.25) is 0 Å². The van der Waals surface area contributed by atoms with Crippen molar-refractivity contribution < 1.29 is 4.79 Å². The van der Waals surface area contributed by atoms with E-state index in [1.54, 1.807) is 6.08 Å². The van der Waals surface area contributed by atoms with Crippen molar-refractivity contribution >= 4 is 22.9 Å². The van der Waals surface area contributed by atoms with Crippen molar-refractivity contribution in [2.45, 2.75) is 25.8 Å². The van der Waals surface area contributed by atoms with Gasteiger partial charge in [-0.05, 0) is 18.6 Å². The molecule has 0 aliphatic rings. The van der Waals surface area contributed by atoms with Gasteiger partial charge in [0.15, 0.2) is 0 Å². The number of amides is 1. The molecule has 1 aromatic heterocycles. The highest BCUT2D eigenvalue weighted by Crippen LogP contribution is 2.21. The number of fused-ring (bicyclic) bond motifs is 1. The van der Waals surface area contributed by atoms with E-state index in [1.165, 1.54) is 6.08 Å². The van der Waals surface area contributed by atoms with Crippen LogP contribution in [0.4, 0.5) is 0 Å². The molecule has 4 nitrogen and oxygen atoms in total. The van der Waals surface area contributed by atoms with Crippen LogP contribution in [0.15, 0.2) is 36.5 Å². The Kier molecular flexibility index (Phi) is 4.78. The summed E-state index contributed by atoms with van der Waals surface area (Å²) in [4.78, 5) is 11.8. The molecule has 0 saturated carbocycles. The van der Waals surface area contributed by atoms with Gasteiger partial charge in [0.05, 0.1) is 6.07 Å². The molecule has 2 rings (SSSR count). The first kappa shape index (κ1) is 14.9. The fraction of sp³-hybridized carbons (Fsp3) is 0.294. The van der Waals surface area contributed by atoms with E-state index in [4.69, 9.17) is 5.26 Å². The third kappa shape index (κ3) is 3.51. The lowest BCUT2D eigenvalue weighted by molar-refractivity contribution is -0.116. The summed E-state index contributed by atoms with van der Waals surface area (Å²) in [5, 5.41) is 12.7. The Morgan fingerprint density at radius 1 is 1.48 bits per heavy atom. The Labute approximate surface area is 124 Å². The molecule has 4 heteroatoms. The van der Waals surface area contributed by atoms with E-state index >= 15 is 0 Å². The largest absolute Gasteiger partial charge is 0.350 e. The minimum atomic E-state index is -0.417. The number of nitrogens with one attached hydrogen (secondary N) is 1. The van der Waals surface area contributed by atoms with E-state index in [0.29, 0.717) is 6.42 Å². The zero-order chi connectivity index (χ0) is 15.2. The summed E-state index contributed by atoms with van der Waals surface area (Å²) < 4.78 is 2.03. The highest BCUT2D eigenvalue weighted by atomic mass is 16.1. The molecule has 1 atom stereocenters. The second-order valence-electron chi connectivity index (χ2n) is 5.02. The van der Waals surface area contributed by atoms with Gasteiger partial charge in [0.1, 0.15) is 6.04 Å². The summed E-state index contributed by atoms with van der Waals surface area (Å²) in [6.07, 6.45) is 6.80. The molecule has 0 unspecified atom stereocenters. The van der Waals surface area contributed by atoms with Gasteiger partial charge in [0, 0.05) is 35.8 Å². The van der Waals surface area contributed by atoms with Crippen LogP contribution in [-0.4, -0.2) is 16.5 Å². The molecule has 1 heterocycles. The minimum Gasteiger partial charge on any atom is -0.350 e. The summed E-state index contributed by atoms with van der Waals surface area (Å²) in [5.41, 5.74) is 2.12. The Balaban J connectivity index is 2.13. The van der Waals surface area contributed by atoms with E-state index in [9.17, 15) is 4.79 Å².